The Labute approximate surface area is 117 Å². The van der Waals surface area contributed by atoms with Gasteiger partial charge in [-0.3, -0.25) is 0 Å². The molecule has 0 aliphatic carbocycles. The van der Waals surface area contributed by atoms with Crippen LogP contribution in [0.15, 0.2) is 18.2 Å². The fourth-order valence-corrected chi connectivity index (χ4v) is 1.46. The molecule has 0 spiro atoms. The summed E-state index contributed by atoms with van der Waals surface area (Å²) < 4.78 is 2.50. The molecule has 0 N–H and O–H groups in total. The molecule has 0 unspecified atom stereocenters. The molecule has 0 fully saturated rings. The zero-order valence-electron chi connectivity index (χ0n) is 6.84. The molecule has 1 aromatic rings. The van der Waals surface area contributed by atoms with Crippen molar-refractivity contribution in [3.8, 4) is 0 Å². The first kappa shape index (κ1) is 13.4. The average Bonchev–Trinajstić information content (AvgIpc) is 2.16. The van der Waals surface area contributed by atoms with E-state index in [2.05, 4.69) is 0 Å². The molecule has 0 radical (unpaired) electrons. The van der Waals surface area contributed by atoms with E-state index in [1.165, 1.54) is 0 Å². The Balaban J connectivity index is 3.20. The van der Waals surface area contributed by atoms with E-state index in [4.69, 9.17) is 70.7 Å². The first-order chi connectivity index (χ1) is 6.91. The maximum Gasteiger partial charge on any atom is 0.0753 e. The summed E-state index contributed by atoms with van der Waals surface area (Å²) in [5, 5.41) is 0. The van der Waals surface area contributed by atoms with Crippen LogP contribution in [0, 0.1) is 0 Å². The minimum Gasteiger partial charge on any atom is -0.194 e. The van der Waals surface area contributed by atoms with Crippen LogP contribution in [0.1, 0.15) is 0 Å². The number of anilines is 3. The Morgan fingerprint density at radius 3 is 0.867 bits per heavy atom. The van der Waals surface area contributed by atoms with E-state index in [0.717, 1.165) is 11.8 Å². The lowest BCUT2D eigenvalue weighted by Crippen LogP contribution is -2.00. The highest BCUT2D eigenvalue weighted by Crippen LogP contribution is 2.34. The number of hydrogen-bond donors (Lipinski definition) is 0. The summed E-state index contributed by atoms with van der Waals surface area (Å²) in [6, 6.07) is 4.63. The van der Waals surface area contributed by atoms with E-state index in [0.29, 0.717) is 17.1 Å². The average molecular weight is 330 g/mol. The number of nitrogens with zero attached hydrogens (tertiary/aromatic N) is 3. The predicted molar refractivity (Wildman–Crippen MR) is 69.0 cm³/mol. The van der Waals surface area contributed by atoms with E-state index in [1.807, 2.05) is 0 Å². The van der Waals surface area contributed by atoms with Gasteiger partial charge in [0.05, 0.1) is 17.1 Å². The summed E-state index contributed by atoms with van der Waals surface area (Å²) in [4.78, 5) is 0. The van der Waals surface area contributed by atoms with Crippen molar-refractivity contribution < 1.29 is 0 Å². The molecule has 1 rings (SSSR count). The molecule has 0 atom stereocenters. The molecular formula is C6H3Cl6N3. The number of hydrogen-bond acceptors (Lipinski definition) is 3. The number of benzene rings is 1. The SMILES string of the molecule is ClN(Cl)c1cc(N(Cl)Cl)cc(N(Cl)Cl)c1. The monoisotopic (exact) mass is 327 g/mol. The quantitative estimate of drug-likeness (QED) is 0.720. The fourth-order valence-electron chi connectivity index (χ4n) is 0.872. The maximum atomic E-state index is 5.55. The molecule has 0 amide bonds. The topological polar surface area (TPSA) is 9.72 Å². The standard InChI is InChI=1S/C6H3Cl6N3/c7-13(8)4-1-5(14(9)10)3-6(2-4)15(11)12/h1-3H. The maximum absolute atomic E-state index is 5.55. The van der Waals surface area contributed by atoms with Crippen LogP contribution in [-0.4, -0.2) is 0 Å². The van der Waals surface area contributed by atoms with Crippen molar-refractivity contribution in [1.82, 2.24) is 0 Å². The van der Waals surface area contributed by atoms with Gasteiger partial charge in [0.25, 0.3) is 0 Å². The molecule has 0 saturated heterocycles. The summed E-state index contributed by atoms with van der Waals surface area (Å²) in [6.07, 6.45) is 0. The van der Waals surface area contributed by atoms with Gasteiger partial charge >= 0.3 is 0 Å². The summed E-state index contributed by atoms with van der Waals surface area (Å²) >= 11 is 33.3. The predicted octanol–water partition coefficient (Wildman–Crippen LogP) is 5.03. The highest BCUT2D eigenvalue weighted by Gasteiger charge is 2.11. The Bertz CT molecular complexity index is 277. The van der Waals surface area contributed by atoms with Gasteiger partial charge in [0.2, 0.25) is 0 Å². The van der Waals surface area contributed by atoms with E-state index < -0.39 is 0 Å². The van der Waals surface area contributed by atoms with E-state index in [9.17, 15) is 0 Å². The molecule has 9 heteroatoms. The molecule has 0 saturated carbocycles. The minimum absolute atomic E-state index is 0.420. The van der Waals surface area contributed by atoms with Gasteiger partial charge in [-0.25, -0.2) is 0 Å². The van der Waals surface area contributed by atoms with Crippen molar-refractivity contribution in [3.63, 3.8) is 0 Å². The molecule has 15 heavy (non-hydrogen) atoms. The van der Waals surface area contributed by atoms with E-state index in [-0.39, 0.29) is 0 Å². The van der Waals surface area contributed by atoms with Crippen molar-refractivity contribution in [2.75, 3.05) is 11.8 Å². The molecule has 3 nitrogen and oxygen atoms in total. The Morgan fingerprint density at radius 1 is 0.533 bits per heavy atom. The molecule has 1 aromatic carbocycles. The Kier molecular flexibility index (Phi) is 5.03. The second-order valence-corrected chi connectivity index (χ2v) is 4.95. The normalized spacial score (nSPS) is 10.0. The molecule has 0 heterocycles. The first-order valence-corrected chi connectivity index (χ1v) is 5.45. The molecule has 0 aromatic heterocycles. The third kappa shape index (κ3) is 3.70. The van der Waals surface area contributed by atoms with Crippen molar-refractivity contribution >= 4 is 87.7 Å². The second-order valence-electron chi connectivity index (χ2n) is 2.41. The van der Waals surface area contributed by atoms with Crippen molar-refractivity contribution in [3.05, 3.63) is 18.2 Å². The third-order valence-electron chi connectivity index (χ3n) is 1.47. The van der Waals surface area contributed by atoms with Crippen LogP contribution in [0.25, 0.3) is 0 Å². The molecule has 0 bridgehead atoms. The highest BCUT2D eigenvalue weighted by molar-refractivity contribution is 6.52. The van der Waals surface area contributed by atoms with Crippen LogP contribution in [0.5, 0.6) is 0 Å². The largest absolute Gasteiger partial charge is 0.194 e. The molecule has 84 valence electrons. The minimum atomic E-state index is 0.420. The lowest BCUT2D eigenvalue weighted by atomic mass is 10.2. The van der Waals surface area contributed by atoms with Gasteiger partial charge in [0.15, 0.2) is 0 Å². The van der Waals surface area contributed by atoms with E-state index in [1.54, 1.807) is 18.2 Å². The van der Waals surface area contributed by atoms with Gasteiger partial charge in [-0.15, -0.1) is 0 Å². The Hall–Kier alpha value is 0.360. The van der Waals surface area contributed by atoms with Crippen LogP contribution in [0.4, 0.5) is 17.1 Å². The third-order valence-corrected chi connectivity index (χ3v) is 2.64. The van der Waals surface area contributed by atoms with Gasteiger partial charge in [-0.05, 0) is 18.2 Å². The Morgan fingerprint density at radius 2 is 0.733 bits per heavy atom. The van der Waals surface area contributed by atoms with Crippen molar-refractivity contribution in [2.24, 2.45) is 0 Å². The van der Waals surface area contributed by atoms with Crippen LogP contribution in [0.2, 0.25) is 0 Å². The van der Waals surface area contributed by atoms with Crippen LogP contribution < -0.4 is 11.8 Å². The lowest BCUT2D eigenvalue weighted by molar-refractivity contribution is 1.49. The highest BCUT2D eigenvalue weighted by atomic mass is 35.6. The summed E-state index contributed by atoms with van der Waals surface area (Å²) in [7, 11) is 0. The van der Waals surface area contributed by atoms with Gasteiger partial charge < -0.3 is 0 Å². The number of halogens is 6. The molecular weight excluding hydrogens is 327 g/mol. The van der Waals surface area contributed by atoms with Crippen molar-refractivity contribution in [1.29, 1.82) is 0 Å². The van der Waals surface area contributed by atoms with Crippen LogP contribution in [0.3, 0.4) is 0 Å². The van der Waals surface area contributed by atoms with Gasteiger partial charge in [-0.2, -0.15) is 11.8 Å². The fraction of sp³-hybridized carbons (Fsp3) is 0. The van der Waals surface area contributed by atoms with Crippen LogP contribution >= 0.6 is 70.7 Å². The molecule has 0 aliphatic rings. The summed E-state index contributed by atoms with van der Waals surface area (Å²) in [6.45, 7) is 0. The number of rotatable bonds is 3. The van der Waals surface area contributed by atoms with Crippen LogP contribution in [-0.2, 0) is 0 Å². The smallest absolute Gasteiger partial charge is 0.0753 e. The van der Waals surface area contributed by atoms with Crippen molar-refractivity contribution in [2.45, 2.75) is 0 Å². The summed E-state index contributed by atoms with van der Waals surface area (Å²) in [5.74, 6) is 0. The summed E-state index contributed by atoms with van der Waals surface area (Å²) in [5.41, 5.74) is 1.26. The van der Waals surface area contributed by atoms with Gasteiger partial charge in [0.1, 0.15) is 0 Å². The first-order valence-electron chi connectivity index (χ1n) is 3.42. The second kappa shape index (κ2) is 5.62. The molecule has 0 aliphatic heterocycles. The van der Waals surface area contributed by atoms with Gasteiger partial charge in [-0.1, -0.05) is 0 Å². The van der Waals surface area contributed by atoms with E-state index >= 15 is 0 Å². The lowest BCUT2D eigenvalue weighted by Gasteiger charge is -2.14. The van der Waals surface area contributed by atoms with Gasteiger partial charge in [0, 0.05) is 70.7 Å². The zero-order chi connectivity index (χ0) is 11.6. The zero-order valence-corrected chi connectivity index (χ0v) is 11.4.